The summed E-state index contributed by atoms with van der Waals surface area (Å²) in [6.07, 6.45) is 7.92. The van der Waals surface area contributed by atoms with Gasteiger partial charge in [0, 0.05) is 48.2 Å². The van der Waals surface area contributed by atoms with Crippen LogP contribution < -0.4 is 20.9 Å². The number of anilines is 3. The third-order valence-electron chi connectivity index (χ3n) is 11.4. The highest BCUT2D eigenvalue weighted by molar-refractivity contribution is 6.09. The van der Waals surface area contributed by atoms with Gasteiger partial charge in [-0.2, -0.15) is 0 Å². The number of carbonyl (C=O) groups is 2. The lowest BCUT2D eigenvalue weighted by Gasteiger charge is -2.50. The monoisotopic (exact) mass is 646 g/mol. The molecule has 250 valence electrons. The fraction of sp³-hybridized carbons (Fsp3) is 0.474. The van der Waals surface area contributed by atoms with Gasteiger partial charge in [-0.15, -0.1) is 0 Å². The number of nitrogens with one attached hydrogen (secondary N) is 4. The zero-order valence-corrected chi connectivity index (χ0v) is 28.4. The van der Waals surface area contributed by atoms with Crippen molar-refractivity contribution in [1.82, 2.24) is 30.5 Å². The predicted octanol–water partition coefficient (Wildman–Crippen LogP) is 5.66. The fourth-order valence-electron chi connectivity index (χ4n) is 8.69. The molecule has 0 unspecified atom stereocenters. The maximum Gasteiger partial charge on any atom is 0.251 e. The van der Waals surface area contributed by atoms with Crippen molar-refractivity contribution >= 4 is 40.0 Å². The van der Waals surface area contributed by atoms with E-state index in [2.05, 4.69) is 67.8 Å². The van der Waals surface area contributed by atoms with Crippen LogP contribution in [0.25, 0.3) is 22.3 Å². The van der Waals surface area contributed by atoms with Crippen LogP contribution in [0, 0.1) is 12.3 Å². The molecule has 0 bridgehead atoms. The number of amides is 2. The Hall–Kier alpha value is -4.28. The number of fused-ring (bicyclic) bond motifs is 3. The molecule has 8 rings (SSSR count). The molecule has 0 radical (unpaired) electrons. The number of benzene rings is 2. The van der Waals surface area contributed by atoms with Crippen molar-refractivity contribution in [2.75, 3.05) is 43.4 Å². The molecule has 3 aliphatic heterocycles. The number of imidazole rings is 1. The summed E-state index contributed by atoms with van der Waals surface area (Å²) in [5, 5.41) is 9.64. The highest BCUT2D eigenvalue weighted by Gasteiger charge is 2.55. The van der Waals surface area contributed by atoms with Crippen molar-refractivity contribution in [1.29, 1.82) is 0 Å². The summed E-state index contributed by atoms with van der Waals surface area (Å²) in [5.41, 5.74) is 7.69. The molecule has 10 heteroatoms. The number of carbonyl (C=O) groups excluding carboxylic acids is 2. The Morgan fingerprint density at radius 3 is 2.60 bits per heavy atom. The van der Waals surface area contributed by atoms with Crippen LogP contribution in [0.3, 0.4) is 0 Å². The number of aromatic amines is 1. The topological polar surface area (TPSA) is 118 Å². The van der Waals surface area contributed by atoms with E-state index in [1.54, 1.807) is 13.4 Å². The maximum atomic E-state index is 14.5. The number of aromatic nitrogens is 3. The van der Waals surface area contributed by atoms with Crippen molar-refractivity contribution in [2.24, 2.45) is 5.41 Å². The quantitative estimate of drug-likeness (QED) is 0.214. The van der Waals surface area contributed by atoms with Crippen LogP contribution in [-0.4, -0.2) is 77.0 Å². The van der Waals surface area contributed by atoms with Crippen LogP contribution in [0.5, 0.6) is 0 Å². The van der Waals surface area contributed by atoms with E-state index in [9.17, 15) is 9.59 Å². The molecule has 0 atom stereocenters. The van der Waals surface area contributed by atoms with Crippen LogP contribution in [0.2, 0.25) is 0 Å². The molecule has 4 N–H and O–H groups in total. The Balaban J connectivity index is 1.14. The van der Waals surface area contributed by atoms with Gasteiger partial charge in [-0.25, -0.2) is 9.97 Å². The Kier molecular flexibility index (Phi) is 7.56. The highest BCUT2D eigenvalue weighted by Crippen LogP contribution is 2.51. The maximum absolute atomic E-state index is 14.5. The van der Waals surface area contributed by atoms with Crippen molar-refractivity contribution < 1.29 is 9.59 Å². The molecule has 4 aromatic rings. The first-order chi connectivity index (χ1) is 23.2. The molecular formula is C38H46N8O2. The Labute approximate surface area is 282 Å². The number of hydrogen-bond acceptors (Lipinski definition) is 7. The molecule has 5 heterocycles. The van der Waals surface area contributed by atoms with Crippen molar-refractivity contribution in [3.05, 3.63) is 65.5 Å². The lowest BCUT2D eigenvalue weighted by molar-refractivity contribution is -0.125. The van der Waals surface area contributed by atoms with Gasteiger partial charge in [-0.05, 0) is 106 Å². The zero-order valence-electron chi connectivity index (χ0n) is 28.4. The number of pyridine rings is 1. The second-order valence-corrected chi connectivity index (χ2v) is 15.1. The number of hydrogen-bond donors (Lipinski definition) is 4. The largest absolute Gasteiger partial charge is 0.355 e. The third-order valence-corrected chi connectivity index (χ3v) is 11.4. The van der Waals surface area contributed by atoms with Crippen LogP contribution in [0.15, 0.2) is 48.8 Å². The van der Waals surface area contributed by atoms with Crippen LogP contribution in [0.1, 0.15) is 73.9 Å². The van der Waals surface area contributed by atoms with Gasteiger partial charge >= 0.3 is 0 Å². The first-order valence-corrected chi connectivity index (χ1v) is 17.5. The minimum Gasteiger partial charge on any atom is -0.355 e. The van der Waals surface area contributed by atoms with Gasteiger partial charge in [0.05, 0.1) is 23.0 Å². The summed E-state index contributed by atoms with van der Waals surface area (Å²) in [4.78, 5) is 44.8. The average molecular weight is 647 g/mol. The van der Waals surface area contributed by atoms with Gasteiger partial charge in [-0.1, -0.05) is 32.0 Å². The normalized spacial score (nSPS) is 23.2. The number of H-pyrrole nitrogens is 1. The highest BCUT2D eigenvalue weighted by atomic mass is 16.2. The predicted molar refractivity (Wildman–Crippen MR) is 190 cm³/mol. The smallest absolute Gasteiger partial charge is 0.251 e. The molecule has 3 fully saturated rings. The van der Waals surface area contributed by atoms with Crippen LogP contribution in [0.4, 0.5) is 17.2 Å². The van der Waals surface area contributed by atoms with Crippen molar-refractivity contribution in [2.45, 2.75) is 76.8 Å². The number of aryl methyl sites for hydroxylation is 1. The summed E-state index contributed by atoms with van der Waals surface area (Å²) in [5.74, 6) is 0.748. The fourth-order valence-corrected chi connectivity index (χ4v) is 8.69. The minimum absolute atomic E-state index is 0.135. The van der Waals surface area contributed by atoms with Crippen LogP contribution in [-0.2, 0) is 10.2 Å². The molecule has 2 aromatic carbocycles. The summed E-state index contributed by atoms with van der Waals surface area (Å²) >= 11 is 0. The molecule has 2 saturated heterocycles. The Morgan fingerprint density at radius 2 is 1.83 bits per heavy atom. The van der Waals surface area contributed by atoms with Gasteiger partial charge < -0.3 is 25.8 Å². The van der Waals surface area contributed by atoms with Gasteiger partial charge in [0.2, 0.25) is 5.91 Å². The third kappa shape index (κ3) is 5.17. The molecule has 1 saturated carbocycles. The van der Waals surface area contributed by atoms with Crippen molar-refractivity contribution in [3.8, 4) is 11.3 Å². The SMILES string of the molecule is CNC(=O)c1cc(Nc2nc(-c3ccc4c(c3)N(C3CC(N5CCCC(C)(C)C5)C3)C(=O)C43CCNCC3)cc3[nH]cnc23)ccc1C. The van der Waals surface area contributed by atoms with E-state index in [-0.39, 0.29) is 17.9 Å². The van der Waals surface area contributed by atoms with E-state index < -0.39 is 5.41 Å². The number of piperidine rings is 2. The molecular weight excluding hydrogens is 600 g/mol. The average Bonchev–Trinajstić information content (AvgIpc) is 3.62. The van der Waals surface area contributed by atoms with Gasteiger partial charge in [0.15, 0.2) is 5.82 Å². The second-order valence-electron chi connectivity index (χ2n) is 15.1. The lowest BCUT2D eigenvalue weighted by Crippen LogP contribution is -2.59. The standard InChI is InChI=1S/C38H46N8O2/c1-23-6-8-25(17-28(23)35(47)39-4)43-34-33-31(41-22-42-33)20-30(44-34)24-7-9-29-32(16-24)46(36(48)38(29)11-13-40-14-12-38)27-18-26(19-27)45-15-5-10-37(2,3)21-45/h6-9,16-17,20,22,26-27,40H,5,10-15,18-19,21H2,1-4H3,(H,39,47)(H,41,42)(H,43,44). The van der Waals surface area contributed by atoms with E-state index in [0.717, 1.165) is 79.0 Å². The van der Waals surface area contributed by atoms with Gasteiger partial charge in [0.1, 0.15) is 5.52 Å². The van der Waals surface area contributed by atoms with Gasteiger partial charge in [0.25, 0.3) is 5.91 Å². The number of likely N-dealkylation sites (tertiary alicyclic amines) is 1. The molecule has 2 aromatic heterocycles. The summed E-state index contributed by atoms with van der Waals surface area (Å²) in [6, 6.07) is 15.0. The zero-order chi connectivity index (χ0) is 33.2. The Morgan fingerprint density at radius 1 is 1.02 bits per heavy atom. The second kappa shape index (κ2) is 11.7. The lowest BCUT2D eigenvalue weighted by atomic mass is 9.73. The van der Waals surface area contributed by atoms with Gasteiger partial charge in [-0.3, -0.25) is 14.5 Å². The molecule has 2 amide bonds. The first-order valence-electron chi connectivity index (χ1n) is 17.5. The summed E-state index contributed by atoms with van der Waals surface area (Å²) in [6.45, 7) is 10.7. The molecule has 10 nitrogen and oxygen atoms in total. The minimum atomic E-state index is -0.460. The number of nitrogens with zero attached hydrogens (tertiary/aromatic N) is 4. The molecule has 1 spiro atoms. The van der Waals surface area contributed by atoms with Crippen molar-refractivity contribution in [3.63, 3.8) is 0 Å². The van der Waals surface area contributed by atoms with E-state index >= 15 is 0 Å². The van der Waals surface area contributed by atoms with E-state index in [0.29, 0.717) is 28.4 Å². The van der Waals surface area contributed by atoms with E-state index in [1.807, 2.05) is 31.2 Å². The van der Waals surface area contributed by atoms with Crippen LogP contribution >= 0.6 is 0 Å². The molecule has 1 aliphatic carbocycles. The van der Waals surface area contributed by atoms with E-state index in [4.69, 9.17) is 4.98 Å². The van der Waals surface area contributed by atoms with E-state index in [1.165, 1.54) is 24.9 Å². The molecule has 48 heavy (non-hydrogen) atoms. The summed E-state index contributed by atoms with van der Waals surface area (Å²) in [7, 11) is 1.64. The molecule has 4 aliphatic rings. The Bertz CT molecular complexity index is 1900. The summed E-state index contributed by atoms with van der Waals surface area (Å²) < 4.78 is 0. The number of rotatable bonds is 6. The first kappa shape index (κ1) is 31.0.